The van der Waals surface area contributed by atoms with Gasteiger partial charge in [-0.05, 0) is 69.7 Å². The number of nitrogens with one attached hydrogen (secondary N) is 2. The number of hydrogen-bond acceptors (Lipinski definition) is 7. The maximum Gasteiger partial charge on any atom is 0.273 e. The van der Waals surface area contributed by atoms with E-state index in [0.29, 0.717) is 66.0 Å². The molecule has 1 saturated heterocycles. The number of alkyl halides is 2. The molecule has 0 unspecified atom stereocenters. The number of aryl methyl sites for hydroxylation is 1. The van der Waals surface area contributed by atoms with Crippen molar-refractivity contribution >= 4 is 22.8 Å². The van der Waals surface area contributed by atoms with Gasteiger partial charge in [0.1, 0.15) is 23.8 Å². The molecule has 11 heteroatoms. The number of hydrogen-bond donors (Lipinski definition) is 2. The Hall–Kier alpha value is -3.91. The summed E-state index contributed by atoms with van der Waals surface area (Å²) in [5, 5.41) is 17.2. The first-order valence-corrected chi connectivity index (χ1v) is 16.2. The molecule has 9 nitrogen and oxygen atoms in total. The van der Waals surface area contributed by atoms with E-state index >= 15 is 8.78 Å². The highest BCUT2D eigenvalue weighted by molar-refractivity contribution is 5.89. The molecule has 0 spiro atoms. The molecular formula is C34H41F2N7O2. The van der Waals surface area contributed by atoms with Gasteiger partial charge < -0.3 is 15.5 Å². The smallest absolute Gasteiger partial charge is 0.273 e. The normalized spacial score (nSPS) is 25.2. The Kier molecular flexibility index (Phi) is 8.61. The predicted octanol–water partition coefficient (Wildman–Crippen LogP) is 5.32. The van der Waals surface area contributed by atoms with E-state index in [-0.39, 0.29) is 30.4 Å². The Morgan fingerprint density at radius 2 is 1.82 bits per heavy atom. The number of anilines is 1. The van der Waals surface area contributed by atoms with E-state index in [0.717, 1.165) is 38.9 Å². The third kappa shape index (κ3) is 6.30. The molecule has 2 N–H and O–H groups in total. The number of nitrogens with zero attached hydrogens (tertiary/aromatic N) is 5. The molecule has 8 bridgehead atoms. The van der Waals surface area contributed by atoms with Crippen LogP contribution in [0.2, 0.25) is 0 Å². The maximum atomic E-state index is 15.4. The third-order valence-corrected chi connectivity index (χ3v) is 9.83. The molecule has 45 heavy (non-hydrogen) atoms. The second kappa shape index (κ2) is 12.5. The van der Waals surface area contributed by atoms with Gasteiger partial charge in [0.05, 0.1) is 16.9 Å². The van der Waals surface area contributed by atoms with Crippen molar-refractivity contribution in [2.24, 2.45) is 5.92 Å². The number of rotatable bonds is 1. The van der Waals surface area contributed by atoms with Crippen molar-refractivity contribution in [3.05, 3.63) is 63.2 Å². The Morgan fingerprint density at radius 3 is 2.58 bits per heavy atom. The first-order chi connectivity index (χ1) is 21.6. The molecule has 3 aromatic rings. The van der Waals surface area contributed by atoms with E-state index in [2.05, 4.69) is 31.6 Å². The summed E-state index contributed by atoms with van der Waals surface area (Å²) < 4.78 is 32.2. The number of halogens is 2. The molecule has 1 aromatic carbocycles. The van der Waals surface area contributed by atoms with Gasteiger partial charge in [-0.2, -0.15) is 5.26 Å². The molecular weight excluding hydrogens is 576 g/mol. The fourth-order valence-corrected chi connectivity index (χ4v) is 7.17. The lowest BCUT2D eigenvalue weighted by atomic mass is 9.70. The van der Waals surface area contributed by atoms with Crippen molar-refractivity contribution in [1.29, 1.82) is 5.26 Å². The number of pyridine rings is 1. The second-order valence-corrected chi connectivity index (χ2v) is 13.1. The minimum atomic E-state index is -2.95. The summed E-state index contributed by atoms with van der Waals surface area (Å²) in [4.78, 5) is 38.9. The number of fused-ring (bicyclic) bond motifs is 8. The lowest BCUT2D eigenvalue weighted by Gasteiger charge is -2.40. The minimum Gasteiger partial charge on any atom is -0.363 e. The average molecular weight is 618 g/mol. The number of carbonyl (C=O) groups is 1. The molecule has 1 saturated carbocycles. The van der Waals surface area contributed by atoms with E-state index in [9.17, 15) is 14.9 Å². The molecule has 0 radical (unpaired) electrons. The zero-order valence-corrected chi connectivity index (χ0v) is 26.0. The Labute approximate surface area is 262 Å². The van der Waals surface area contributed by atoms with Crippen LogP contribution in [0.3, 0.4) is 0 Å². The largest absolute Gasteiger partial charge is 0.363 e. The van der Waals surface area contributed by atoms with Crippen molar-refractivity contribution in [1.82, 2.24) is 24.8 Å². The summed E-state index contributed by atoms with van der Waals surface area (Å²) in [6.45, 7) is 6.09. The summed E-state index contributed by atoms with van der Waals surface area (Å²) >= 11 is 0. The molecule has 7 rings (SSSR count). The summed E-state index contributed by atoms with van der Waals surface area (Å²) in [6, 6.07) is 10.3. The topological polar surface area (TPSA) is 116 Å². The summed E-state index contributed by atoms with van der Waals surface area (Å²) in [5.74, 6) is -2.22. The van der Waals surface area contributed by atoms with E-state index < -0.39 is 22.9 Å². The van der Waals surface area contributed by atoms with Gasteiger partial charge in [-0.25, -0.2) is 18.7 Å². The van der Waals surface area contributed by atoms with Crippen molar-refractivity contribution in [3.63, 3.8) is 0 Å². The minimum absolute atomic E-state index is 0.00609. The third-order valence-electron chi connectivity index (χ3n) is 9.83. The second-order valence-electron chi connectivity index (χ2n) is 13.1. The number of amides is 1. The van der Waals surface area contributed by atoms with Crippen LogP contribution in [0.25, 0.3) is 11.0 Å². The van der Waals surface area contributed by atoms with E-state index in [1.807, 2.05) is 13.0 Å². The van der Waals surface area contributed by atoms with Gasteiger partial charge in [0.25, 0.3) is 11.5 Å². The van der Waals surface area contributed by atoms with Gasteiger partial charge >= 0.3 is 0 Å². The zero-order valence-electron chi connectivity index (χ0n) is 26.0. The standard InChI is InChI=1S/C34H41F2N7O2/c1-22-25-8-6-9-26(16-25)34(35,36)13-10-24-18-42(19-24)15-7-14-38-29(44)20-43-31-27(30(39-22)40-23(2)41-31)17-28(32(43)45)33(21-37)11-4-3-5-12-33/h6,8-9,16-17,22,24H,3-5,7,10-15,18-20H2,1-2H3,(H,38,44)(H,39,40,41)/t22-/m1/s1. The monoisotopic (exact) mass is 617 g/mol. The molecule has 1 atom stereocenters. The van der Waals surface area contributed by atoms with E-state index in [4.69, 9.17) is 0 Å². The van der Waals surface area contributed by atoms with Crippen molar-refractivity contribution < 1.29 is 13.6 Å². The van der Waals surface area contributed by atoms with Gasteiger partial charge in [-0.1, -0.05) is 37.5 Å². The van der Waals surface area contributed by atoms with Crippen molar-refractivity contribution in [2.75, 3.05) is 31.5 Å². The van der Waals surface area contributed by atoms with Crippen molar-refractivity contribution in [3.8, 4) is 6.07 Å². The fourth-order valence-electron chi connectivity index (χ4n) is 7.17. The number of benzene rings is 1. The quantitative estimate of drug-likeness (QED) is 0.380. The summed E-state index contributed by atoms with van der Waals surface area (Å²) in [6.07, 6.45) is 4.73. The van der Waals surface area contributed by atoms with Gasteiger partial charge in [0.2, 0.25) is 5.91 Å². The molecule has 238 valence electrons. The number of carbonyl (C=O) groups excluding carboxylic acids is 1. The van der Waals surface area contributed by atoms with E-state index in [1.54, 1.807) is 25.1 Å². The molecule has 4 aliphatic rings. The lowest BCUT2D eigenvalue weighted by Crippen LogP contribution is -2.47. The van der Waals surface area contributed by atoms with Gasteiger partial charge in [-0.15, -0.1) is 0 Å². The van der Waals surface area contributed by atoms with Crippen LogP contribution in [0.1, 0.15) is 86.8 Å². The highest BCUT2D eigenvalue weighted by Gasteiger charge is 2.38. The molecule has 5 heterocycles. The van der Waals surface area contributed by atoms with Crippen LogP contribution in [0, 0.1) is 24.2 Å². The first kappa shape index (κ1) is 31.1. The van der Waals surface area contributed by atoms with Gasteiger partial charge in [0.15, 0.2) is 0 Å². The zero-order chi connectivity index (χ0) is 31.8. The highest BCUT2D eigenvalue weighted by atomic mass is 19.3. The van der Waals surface area contributed by atoms with Crippen LogP contribution in [0.15, 0.2) is 35.1 Å². The average Bonchev–Trinajstić information content (AvgIpc) is 3.01. The summed E-state index contributed by atoms with van der Waals surface area (Å²) in [7, 11) is 0. The molecule has 2 fully saturated rings. The number of nitriles is 1. The molecule has 1 amide bonds. The van der Waals surface area contributed by atoms with E-state index in [1.165, 1.54) is 10.6 Å². The Morgan fingerprint density at radius 1 is 1.04 bits per heavy atom. The van der Waals surface area contributed by atoms with Crippen LogP contribution in [-0.2, 0) is 22.7 Å². The molecule has 1 aliphatic carbocycles. The SMILES string of the molecule is Cc1nc2c3cc(C4(C#N)CCCCC4)c(=O)n(c3n1)CC(=O)NCCCN1CC(CCC(F)(F)c3cccc(c3)[C@@H](C)N2)C1. The van der Waals surface area contributed by atoms with Crippen LogP contribution in [0.5, 0.6) is 0 Å². The highest BCUT2D eigenvalue weighted by Crippen LogP contribution is 2.40. The number of aromatic nitrogens is 3. The van der Waals surface area contributed by atoms with Crippen LogP contribution < -0.4 is 16.2 Å². The summed E-state index contributed by atoms with van der Waals surface area (Å²) in [5.41, 5.74) is -0.0579. The maximum absolute atomic E-state index is 15.4. The molecule has 2 aromatic heterocycles. The van der Waals surface area contributed by atoms with Crippen LogP contribution >= 0.6 is 0 Å². The van der Waals surface area contributed by atoms with Crippen LogP contribution in [0.4, 0.5) is 14.6 Å². The molecule has 3 aliphatic heterocycles. The Balaban J connectivity index is 1.46. The Bertz CT molecular complexity index is 1690. The fraction of sp³-hybridized carbons (Fsp3) is 0.559. The predicted molar refractivity (Wildman–Crippen MR) is 168 cm³/mol. The van der Waals surface area contributed by atoms with Crippen molar-refractivity contribution in [2.45, 2.75) is 89.1 Å². The lowest BCUT2D eigenvalue weighted by molar-refractivity contribution is -0.121. The van der Waals surface area contributed by atoms with Crippen LogP contribution in [-0.4, -0.2) is 51.5 Å². The first-order valence-electron chi connectivity index (χ1n) is 16.2. The van der Waals surface area contributed by atoms with Gasteiger partial charge in [-0.3, -0.25) is 14.2 Å². The van der Waals surface area contributed by atoms with Gasteiger partial charge in [0, 0.05) is 43.2 Å².